The van der Waals surface area contributed by atoms with Crippen molar-refractivity contribution in [2.75, 3.05) is 0 Å². The predicted octanol–water partition coefficient (Wildman–Crippen LogP) is 4.17. The number of thiocarbonyl (C=S) groups is 1. The lowest BCUT2D eigenvalue weighted by atomic mass is 9.99. The molecule has 0 spiro atoms. The largest absolute Gasteiger partial charge is 0.463 e. The summed E-state index contributed by atoms with van der Waals surface area (Å²) in [7, 11) is 0. The first-order chi connectivity index (χ1) is 10.8. The van der Waals surface area contributed by atoms with E-state index in [2.05, 4.69) is 16.0 Å². The number of nitrogens with one attached hydrogen (secondary N) is 1. The van der Waals surface area contributed by atoms with Crippen LogP contribution in [-0.2, 0) is 0 Å². The van der Waals surface area contributed by atoms with Crippen molar-refractivity contribution >= 4 is 22.7 Å². The number of furan rings is 1. The molecule has 1 N–H and O–H groups in total. The van der Waals surface area contributed by atoms with Crippen molar-refractivity contribution in [1.82, 2.24) is 14.5 Å². The predicted molar refractivity (Wildman–Crippen MR) is 89.9 cm³/mol. The minimum Gasteiger partial charge on any atom is -0.463 e. The number of H-pyrrole nitrogens is 1. The molecule has 0 atom stereocenters. The molecule has 3 aromatic heterocycles. The maximum atomic E-state index is 5.55. The molecule has 0 bridgehead atoms. The van der Waals surface area contributed by atoms with E-state index in [4.69, 9.17) is 16.6 Å². The summed E-state index contributed by atoms with van der Waals surface area (Å²) in [5, 5.41) is 0. The Labute approximate surface area is 132 Å². The van der Waals surface area contributed by atoms with Crippen molar-refractivity contribution in [3.05, 3.63) is 67.0 Å². The minimum atomic E-state index is 0.735. The highest BCUT2D eigenvalue weighted by molar-refractivity contribution is 7.81. The molecule has 3 heterocycles. The molecule has 4 nitrogen and oxygen atoms in total. The van der Waals surface area contributed by atoms with Crippen LogP contribution in [0.4, 0.5) is 0 Å². The standard InChI is InChI=1S/C17H13N3OS/c22-14-7-2-1-5-12(14)17-16(13-6-4-10-21-13)19-11-20(17)15-8-3-9-18-15/h1-6,8-11,18H,7H2. The van der Waals surface area contributed by atoms with Gasteiger partial charge in [0, 0.05) is 23.1 Å². The Morgan fingerprint density at radius 1 is 1.27 bits per heavy atom. The Morgan fingerprint density at radius 2 is 2.23 bits per heavy atom. The quantitative estimate of drug-likeness (QED) is 0.739. The lowest BCUT2D eigenvalue weighted by molar-refractivity contribution is 0.580. The molecule has 0 aromatic carbocycles. The summed E-state index contributed by atoms with van der Waals surface area (Å²) in [6.07, 6.45) is 12.2. The van der Waals surface area contributed by atoms with Gasteiger partial charge in [0.1, 0.15) is 17.8 Å². The monoisotopic (exact) mass is 307 g/mol. The summed E-state index contributed by atoms with van der Waals surface area (Å²) in [5.74, 6) is 1.68. The molecule has 0 radical (unpaired) electrons. The van der Waals surface area contributed by atoms with Crippen LogP contribution in [0.3, 0.4) is 0 Å². The fourth-order valence-electron chi connectivity index (χ4n) is 2.61. The lowest BCUT2D eigenvalue weighted by Crippen LogP contribution is -2.07. The zero-order valence-electron chi connectivity index (χ0n) is 11.7. The maximum Gasteiger partial charge on any atom is 0.154 e. The van der Waals surface area contributed by atoms with Crippen LogP contribution in [0.15, 0.2) is 65.7 Å². The van der Waals surface area contributed by atoms with Gasteiger partial charge in [-0.2, -0.15) is 0 Å². The molecular formula is C17H13N3OS. The summed E-state index contributed by atoms with van der Waals surface area (Å²) < 4.78 is 7.55. The molecule has 0 amide bonds. The Morgan fingerprint density at radius 3 is 2.95 bits per heavy atom. The average Bonchev–Trinajstić information content (AvgIpc) is 3.27. The molecule has 22 heavy (non-hydrogen) atoms. The fraction of sp³-hybridized carbons (Fsp3) is 0.0588. The van der Waals surface area contributed by atoms with Gasteiger partial charge >= 0.3 is 0 Å². The third-order valence-electron chi connectivity index (χ3n) is 3.62. The number of hydrogen-bond donors (Lipinski definition) is 1. The molecule has 1 aliphatic rings. The van der Waals surface area contributed by atoms with E-state index in [9.17, 15) is 0 Å². The molecule has 0 fully saturated rings. The van der Waals surface area contributed by atoms with Crippen molar-refractivity contribution < 1.29 is 4.42 Å². The third-order valence-corrected chi connectivity index (χ3v) is 4.01. The van der Waals surface area contributed by atoms with Crippen LogP contribution in [0.2, 0.25) is 0 Å². The number of aromatic amines is 1. The lowest BCUT2D eigenvalue weighted by Gasteiger charge is -2.14. The first-order valence-electron chi connectivity index (χ1n) is 7.00. The molecule has 3 aromatic rings. The van der Waals surface area contributed by atoms with Gasteiger partial charge in [0.25, 0.3) is 0 Å². The molecule has 0 saturated carbocycles. The summed E-state index contributed by atoms with van der Waals surface area (Å²) >= 11 is 5.55. The van der Waals surface area contributed by atoms with Crippen LogP contribution < -0.4 is 0 Å². The Bertz CT molecular complexity index is 816. The summed E-state index contributed by atoms with van der Waals surface area (Å²) in [4.78, 5) is 8.67. The van der Waals surface area contributed by atoms with Crippen molar-refractivity contribution in [2.24, 2.45) is 0 Å². The second kappa shape index (κ2) is 5.27. The van der Waals surface area contributed by atoms with E-state index in [1.807, 2.05) is 47.2 Å². The molecular weight excluding hydrogens is 294 g/mol. The number of allylic oxidation sites excluding steroid dienone is 4. The van der Waals surface area contributed by atoms with Gasteiger partial charge < -0.3 is 9.40 Å². The van der Waals surface area contributed by atoms with Crippen molar-refractivity contribution in [2.45, 2.75) is 6.42 Å². The second-order valence-electron chi connectivity index (χ2n) is 4.98. The van der Waals surface area contributed by atoms with E-state index < -0.39 is 0 Å². The van der Waals surface area contributed by atoms with Gasteiger partial charge in [-0.3, -0.25) is 4.57 Å². The molecule has 0 aliphatic heterocycles. The van der Waals surface area contributed by atoms with E-state index in [-0.39, 0.29) is 0 Å². The van der Waals surface area contributed by atoms with Crippen molar-refractivity contribution in [1.29, 1.82) is 0 Å². The number of nitrogens with zero attached hydrogens (tertiary/aromatic N) is 2. The molecule has 4 rings (SSSR count). The molecule has 0 saturated heterocycles. The maximum absolute atomic E-state index is 5.55. The third kappa shape index (κ3) is 2.07. The summed E-state index contributed by atoms with van der Waals surface area (Å²) in [6.45, 7) is 0. The number of hydrogen-bond acceptors (Lipinski definition) is 3. The number of aromatic nitrogens is 3. The van der Waals surface area contributed by atoms with Gasteiger partial charge in [0.15, 0.2) is 5.76 Å². The van der Waals surface area contributed by atoms with Gasteiger partial charge in [-0.1, -0.05) is 30.4 Å². The van der Waals surface area contributed by atoms with Gasteiger partial charge in [-0.05, 0) is 24.3 Å². The zero-order chi connectivity index (χ0) is 14.9. The molecule has 5 heteroatoms. The molecule has 1 aliphatic carbocycles. The Kier molecular flexibility index (Phi) is 3.12. The Balaban J connectivity index is 1.97. The SMILES string of the molecule is S=C1CC=CC=C1c1c(-c2ccco2)ncn1-c1ccc[nH]1. The van der Waals surface area contributed by atoms with E-state index >= 15 is 0 Å². The zero-order valence-corrected chi connectivity index (χ0v) is 12.5. The van der Waals surface area contributed by atoms with Crippen LogP contribution >= 0.6 is 12.2 Å². The van der Waals surface area contributed by atoms with E-state index in [0.717, 1.165) is 39.8 Å². The van der Waals surface area contributed by atoms with E-state index in [1.165, 1.54) is 0 Å². The number of rotatable bonds is 3. The first kappa shape index (κ1) is 13.0. The normalized spacial score (nSPS) is 14.4. The number of imidazole rings is 1. The minimum absolute atomic E-state index is 0.735. The molecule has 108 valence electrons. The Hall–Kier alpha value is -2.66. The van der Waals surface area contributed by atoms with Gasteiger partial charge in [0.05, 0.1) is 12.0 Å². The highest BCUT2D eigenvalue weighted by Gasteiger charge is 2.22. The summed E-state index contributed by atoms with van der Waals surface area (Å²) in [5.41, 5.74) is 2.76. The van der Waals surface area contributed by atoms with Crippen LogP contribution in [0.1, 0.15) is 12.1 Å². The first-order valence-corrected chi connectivity index (χ1v) is 7.41. The topological polar surface area (TPSA) is 46.8 Å². The highest BCUT2D eigenvalue weighted by atomic mass is 32.1. The van der Waals surface area contributed by atoms with Crippen LogP contribution in [-0.4, -0.2) is 19.4 Å². The van der Waals surface area contributed by atoms with Crippen molar-refractivity contribution in [3.8, 4) is 17.3 Å². The second-order valence-corrected chi connectivity index (χ2v) is 5.47. The van der Waals surface area contributed by atoms with Gasteiger partial charge in [-0.15, -0.1) is 0 Å². The molecule has 0 unspecified atom stereocenters. The highest BCUT2D eigenvalue weighted by Crippen LogP contribution is 2.32. The smallest absolute Gasteiger partial charge is 0.154 e. The van der Waals surface area contributed by atoms with E-state index in [1.54, 1.807) is 12.6 Å². The van der Waals surface area contributed by atoms with Crippen LogP contribution in [0, 0.1) is 0 Å². The van der Waals surface area contributed by atoms with Gasteiger partial charge in [0.2, 0.25) is 0 Å². The van der Waals surface area contributed by atoms with E-state index in [0.29, 0.717) is 0 Å². The average molecular weight is 307 g/mol. The van der Waals surface area contributed by atoms with Gasteiger partial charge in [-0.25, -0.2) is 4.98 Å². The van der Waals surface area contributed by atoms with Crippen LogP contribution in [0.25, 0.3) is 22.8 Å². The van der Waals surface area contributed by atoms with Crippen LogP contribution in [0.5, 0.6) is 0 Å². The van der Waals surface area contributed by atoms with Crippen molar-refractivity contribution in [3.63, 3.8) is 0 Å². The summed E-state index contributed by atoms with van der Waals surface area (Å²) in [6, 6.07) is 7.73. The fourth-order valence-corrected chi connectivity index (χ4v) is 2.87.